The van der Waals surface area contributed by atoms with Crippen LogP contribution in [0.25, 0.3) is 0 Å². The Kier molecular flexibility index (Phi) is 3.53. The number of hydrogen-bond donors (Lipinski definition) is 1. The monoisotopic (exact) mass is 376 g/mol. The molecule has 14 heavy (non-hydrogen) atoms. The quantitative estimate of drug-likeness (QED) is 0.618. The van der Waals surface area contributed by atoms with Crippen molar-refractivity contribution in [3.05, 3.63) is 33.4 Å². The normalized spacial score (nSPS) is 16.4. The van der Waals surface area contributed by atoms with Crippen molar-refractivity contribution in [3.8, 4) is 0 Å². The van der Waals surface area contributed by atoms with Crippen LogP contribution in [-0.2, 0) is 5.60 Å². The minimum Gasteiger partial charge on any atom is -0.378 e. The number of halogens is 4. The average molecular weight is 377 g/mol. The van der Waals surface area contributed by atoms with Crippen LogP contribution in [0.15, 0.2) is 24.3 Å². The summed E-state index contributed by atoms with van der Waals surface area (Å²) in [4.78, 5) is -3.34. The Morgan fingerprint density at radius 2 is 1.71 bits per heavy atom. The van der Waals surface area contributed by atoms with Crippen LogP contribution in [0.3, 0.4) is 0 Å². The molecule has 0 heterocycles. The maximum atomic E-state index is 13.0. The molecule has 0 saturated heterocycles. The highest BCUT2D eigenvalue weighted by atomic mass is 127. The Morgan fingerprint density at radius 3 is 2.07 bits per heavy atom. The third-order valence-corrected chi connectivity index (χ3v) is 3.45. The molecule has 78 valence electrons. The third-order valence-electron chi connectivity index (χ3n) is 1.96. The van der Waals surface area contributed by atoms with Gasteiger partial charge in [-0.15, -0.1) is 0 Å². The Bertz CT molecular complexity index is 319. The molecule has 0 amide bonds. The second kappa shape index (κ2) is 4.02. The van der Waals surface area contributed by atoms with Gasteiger partial charge in [-0.25, -0.2) is 0 Å². The van der Waals surface area contributed by atoms with Gasteiger partial charge in [0, 0.05) is 3.57 Å². The molecule has 0 aliphatic heterocycles. The van der Waals surface area contributed by atoms with Crippen LogP contribution in [0, 0.1) is 3.57 Å². The van der Waals surface area contributed by atoms with E-state index in [0.717, 1.165) is 10.5 Å². The predicted molar refractivity (Wildman–Crippen MR) is 62.6 cm³/mol. The van der Waals surface area contributed by atoms with E-state index >= 15 is 0 Å². The first kappa shape index (κ1) is 12.3. The van der Waals surface area contributed by atoms with Gasteiger partial charge in [0.2, 0.25) is 0 Å². The van der Waals surface area contributed by atoms with Gasteiger partial charge in [-0.05, 0) is 63.1 Å². The zero-order chi connectivity index (χ0) is 11.0. The van der Waals surface area contributed by atoms with Gasteiger partial charge >= 0.3 is 4.83 Å². The fourth-order valence-electron chi connectivity index (χ4n) is 0.938. The van der Waals surface area contributed by atoms with Crippen LogP contribution in [-0.4, -0.2) is 9.94 Å². The number of hydrogen-bond acceptors (Lipinski definition) is 1. The van der Waals surface area contributed by atoms with E-state index in [-0.39, 0.29) is 5.56 Å². The van der Waals surface area contributed by atoms with Crippen LogP contribution in [0.1, 0.15) is 12.5 Å². The summed E-state index contributed by atoms with van der Waals surface area (Å²) in [5, 5.41) is 9.61. The van der Waals surface area contributed by atoms with Crippen molar-refractivity contribution >= 4 is 38.5 Å². The smallest absolute Gasteiger partial charge is 0.333 e. The number of aliphatic hydroxyl groups is 1. The van der Waals surface area contributed by atoms with Gasteiger partial charge in [-0.2, -0.15) is 8.78 Å². The van der Waals surface area contributed by atoms with E-state index < -0.39 is 10.4 Å². The Hall–Kier alpha value is 0.250. The first-order valence-corrected chi connectivity index (χ1v) is 5.67. The SMILES string of the molecule is CC(O)(c1ccc(I)cc1)C(F)(F)Br. The molecule has 0 fully saturated rings. The highest BCUT2D eigenvalue weighted by molar-refractivity contribution is 14.1. The van der Waals surface area contributed by atoms with Gasteiger partial charge in [0.15, 0.2) is 5.60 Å². The summed E-state index contributed by atoms with van der Waals surface area (Å²) in [5.41, 5.74) is -2.02. The molecule has 1 aromatic carbocycles. The van der Waals surface area contributed by atoms with Gasteiger partial charge in [0.05, 0.1) is 0 Å². The lowest BCUT2D eigenvalue weighted by Gasteiger charge is -2.28. The van der Waals surface area contributed by atoms with E-state index in [0.29, 0.717) is 0 Å². The topological polar surface area (TPSA) is 20.2 Å². The van der Waals surface area contributed by atoms with Gasteiger partial charge in [0.25, 0.3) is 0 Å². The molecule has 1 rings (SSSR count). The number of benzene rings is 1. The second-order valence-corrected chi connectivity index (χ2v) is 5.32. The Balaban J connectivity index is 3.10. The van der Waals surface area contributed by atoms with Gasteiger partial charge in [-0.3, -0.25) is 0 Å². The van der Waals surface area contributed by atoms with Gasteiger partial charge in [0.1, 0.15) is 0 Å². The molecule has 0 aliphatic rings. The highest BCUT2D eigenvalue weighted by Crippen LogP contribution is 2.41. The van der Waals surface area contributed by atoms with Gasteiger partial charge in [-0.1, -0.05) is 12.1 Å². The molecule has 0 aliphatic carbocycles. The molecule has 5 heteroatoms. The molecule has 1 N–H and O–H groups in total. The molecule has 0 spiro atoms. The van der Waals surface area contributed by atoms with Crippen LogP contribution >= 0.6 is 38.5 Å². The fraction of sp³-hybridized carbons (Fsp3) is 0.333. The van der Waals surface area contributed by atoms with E-state index in [2.05, 4.69) is 38.5 Å². The number of alkyl halides is 3. The van der Waals surface area contributed by atoms with Crippen LogP contribution in [0.2, 0.25) is 0 Å². The van der Waals surface area contributed by atoms with E-state index in [1.807, 2.05) is 0 Å². The molecular weight excluding hydrogens is 369 g/mol. The zero-order valence-corrected chi connectivity index (χ0v) is 11.0. The second-order valence-electron chi connectivity index (χ2n) is 3.08. The lowest BCUT2D eigenvalue weighted by atomic mass is 9.97. The van der Waals surface area contributed by atoms with Crippen LogP contribution in [0.4, 0.5) is 8.78 Å². The third kappa shape index (κ3) is 2.43. The molecule has 0 saturated carbocycles. The van der Waals surface area contributed by atoms with Gasteiger partial charge < -0.3 is 5.11 Å². The van der Waals surface area contributed by atoms with Crippen molar-refractivity contribution in [3.63, 3.8) is 0 Å². The summed E-state index contributed by atoms with van der Waals surface area (Å²) in [6.07, 6.45) is 0. The molecule has 1 aromatic rings. The van der Waals surface area contributed by atoms with Crippen molar-refractivity contribution in [2.75, 3.05) is 0 Å². The van der Waals surface area contributed by atoms with E-state index in [9.17, 15) is 13.9 Å². The zero-order valence-electron chi connectivity index (χ0n) is 7.27. The fourth-order valence-corrected chi connectivity index (χ4v) is 1.53. The van der Waals surface area contributed by atoms with E-state index in [4.69, 9.17) is 0 Å². The summed E-state index contributed by atoms with van der Waals surface area (Å²) in [6.45, 7) is 1.07. The first-order chi connectivity index (χ1) is 6.25. The summed E-state index contributed by atoms with van der Waals surface area (Å²) in [7, 11) is 0. The summed E-state index contributed by atoms with van der Waals surface area (Å²) >= 11 is 4.23. The molecule has 1 atom stereocenters. The minimum atomic E-state index is -3.34. The molecule has 0 radical (unpaired) electrons. The van der Waals surface area contributed by atoms with Crippen molar-refractivity contribution in [1.29, 1.82) is 0 Å². The first-order valence-electron chi connectivity index (χ1n) is 3.80. The Morgan fingerprint density at radius 1 is 1.29 bits per heavy atom. The van der Waals surface area contributed by atoms with Crippen molar-refractivity contribution in [2.24, 2.45) is 0 Å². The minimum absolute atomic E-state index is 0.180. The van der Waals surface area contributed by atoms with E-state index in [1.54, 1.807) is 12.1 Å². The van der Waals surface area contributed by atoms with Crippen molar-refractivity contribution < 1.29 is 13.9 Å². The molecule has 0 bridgehead atoms. The summed E-state index contributed by atoms with van der Waals surface area (Å²) in [6, 6.07) is 6.31. The highest BCUT2D eigenvalue weighted by Gasteiger charge is 2.47. The summed E-state index contributed by atoms with van der Waals surface area (Å²) < 4.78 is 26.8. The maximum Gasteiger partial charge on any atom is 0.333 e. The standard InChI is InChI=1S/C9H8BrF2IO/c1-8(14,9(10,11)12)6-2-4-7(13)5-3-6/h2-5,14H,1H3. The molecule has 1 nitrogen and oxygen atoms in total. The number of rotatable bonds is 2. The Labute approximate surface area is 103 Å². The molecule has 1 unspecified atom stereocenters. The van der Waals surface area contributed by atoms with Crippen LogP contribution in [0.5, 0.6) is 0 Å². The van der Waals surface area contributed by atoms with Crippen molar-refractivity contribution in [2.45, 2.75) is 17.4 Å². The largest absolute Gasteiger partial charge is 0.378 e. The van der Waals surface area contributed by atoms with Crippen molar-refractivity contribution in [1.82, 2.24) is 0 Å². The molecule has 0 aromatic heterocycles. The van der Waals surface area contributed by atoms with E-state index in [1.165, 1.54) is 12.1 Å². The average Bonchev–Trinajstić information content (AvgIpc) is 2.03. The summed E-state index contributed by atoms with van der Waals surface area (Å²) in [5.74, 6) is 0. The predicted octanol–water partition coefficient (Wildman–Crippen LogP) is 3.49. The lowest BCUT2D eigenvalue weighted by Crippen LogP contribution is -2.37. The van der Waals surface area contributed by atoms with Crippen LogP contribution < -0.4 is 0 Å². The lowest BCUT2D eigenvalue weighted by molar-refractivity contribution is -0.109. The molecular formula is C9H8BrF2IO. The maximum absolute atomic E-state index is 13.0.